The molecule has 0 aliphatic rings. The largest absolute Gasteiger partial charge is 0.390 e. The van der Waals surface area contributed by atoms with Crippen LogP contribution in [-0.2, 0) is 11.2 Å². The minimum Gasteiger partial charge on any atom is -0.390 e. The van der Waals surface area contributed by atoms with Crippen LogP contribution >= 0.6 is 11.8 Å². The topological polar surface area (TPSA) is 49.3 Å². The molecule has 0 unspecified atom stereocenters. The van der Waals surface area contributed by atoms with E-state index in [9.17, 15) is 13.6 Å². The predicted octanol–water partition coefficient (Wildman–Crippen LogP) is 1.71. The zero-order valence-corrected chi connectivity index (χ0v) is 11.3. The molecule has 0 aliphatic heterocycles. The Bertz CT molecular complexity index is 387. The molecule has 1 rings (SSSR count). The summed E-state index contributed by atoms with van der Waals surface area (Å²) in [5.41, 5.74) is 1.18. The average molecular weight is 289 g/mol. The quantitative estimate of drug-likeness (QED) is 0.716. The fourth-order valence-electron chi connectivity index (χ4n) is 1.33. The zero-order chi connectivity index (χ0) is 14.1. The number of amides is 1. The SMILES string of the molecule is O=C(CSCCc1ccccc1)NCC(F)(F)CO. The van der Waals surface area contributed by atoms with Crippen LogP contribution in [0.2, 0.25) is 0 Å². The number of nitrogens with one attached hydrogen (secondary N) is 1. The molecule has 0 radical (unpaired) electrons. The molecule has 1 amide bonds. The summed E-state index contributed by atoms with van der Waals surface area (Å²) >= 11 is 1.39. The number of carbonyl (C=O) groups excluding carboxylic acids is 1. The van der Waals surface area contributed by atoms with Crippen molar-refractivity contribution in [3.8, 4) is 0 Å². The van der Waals surface area contributed by atoms with Crippen LogP contribution in [-0.4, -0.2) is 41.6 Å². The Labute approximate surface area is 115 Å². The maximum Gasteiger partial charge on any atom is 0.287 e. The third-order valence-electron chi connectivity index (χ3n) is 2.39. The third kappa shape index (κ3) is 7.12. The molecule has 106 valence electrons. The van der Waals surface area contributed by atoms with E-state index in [-0.39, 0.29) is 5.75 Å². The maximum absolute atomic E-state index is 12.7. The van der Waals surface area contributed by atoms with E-state index in [4.69, 9.17) is 5.11 Å². The van der Waals surface area contributed by atoms with Crippen LogP contribution in [0.1, 0.15) is 5.56 Å². The molecule has 2 N–H and O–H groups in total. The molecule has 0 saturated carbocycles. The molecule has 3 nitrogen and oxygen atoms in total. The first-order valence-corrected chi connectivity index (χ1v) is 7.06. The minimum absolute atomic E-state index is 0.147. The molecule has 1 aromatic rings. The number of halogens is 2. The van der Waals surface area contributed by atoms with Gasteiger partial charge in [-0.2, -0.15) is 11.8 Å². The van der Waals surface area contributed by atoms with Crippen molar-refractivity contribution in [2.75, 3.05) is 24.7 Å². The van der Waals surface area contributed by atoms with E-state index in [2.05, 4.69) is 5.32 Å². The van der Waals surface area contributed by atoms with Gasteiger partial charge in [-0.15, -0.1) is 0 Å². The first kappa shape index (κ1) is 15.9. The van der Waals surface area contributed by atoms with Gasteiger partial charge in [0.2, 0.25) is 5.91 Å². The fourth-order valence-corrected chi connectivity index (χ4v) is 2.15. The van der Waals surface area contributed by atoms with Crippen LogP contribution in [0, 0.1) is 0 Å². The Balaban J connectivity index is 2.11. The lowest BCUT2D eigenvalue weighted by Crippen LogP contribution is -2.39. The van der Waals surface area contributed by atoms with Gasteiger partial charge in [-0.1, -0.05) is 30.3 Å². The minimum atomic E-state index is -3.25. The Morgan fingerprint density at radius 2 is 2.00 bits per heavy atom. The second-order valence-corrected chi connectivity index (χ2v) is 5.18. The molecular weight excluding hydrogens is 272 g/mol. The van der Waals surface area contributed by atoms with E-state index < -0.39 is 25.0 Å². The van der Waals surface area contributed by atoms with Crippen molar-refractivity contribution in [3.63, 3.8) is 0 Å². The smallest absolute Gasteiger partial charge is 0.287 e. The number of thioether (sulfide) groups is 1. The Hall–Kier alpha value is -1.14. The number of hydrogen-bond donors (Lipinski definition) is 2. The molecule has 0 spiro atoms. The standard InChI is InChI=1S/C13H17F2NO2S/c14-13(15,10-17)9-16-12(18)8-19-7-6-11-4-2-1-3-5-11/h1-5,17H,6-10H2,(H,16,18). The van der Waals surface area contributed by atoms with Gasteiger partial charge in [-0.05, 0) is 17.7 Å². The van der Waals surface area contributed by atoms with Gasteiger partial charge in [-0.3, -0.25) is 4.79 Å². The van der Waals surface area contributed by atoms with Gasteiger partial charge >= 0.3 is 0 Å². The molecule has 0 aromatic heterocycles. The molecule has 0 atom stereocenters. The van der Waals surface area contributed by atoms with Crippen molar-refractivity contribution >= 4 is 17.7 Å². The number of hydrogen-bond acceptors (Lipinski definition) is 3. The normalized spacial score (nSPS) is 11.3. The van der Waals surface area contributed by atoms with Crippen LogP contribution in [0.15, 0.2) is 30.3 Å². The number of aliphatic hydroxyl groups excluding tert-OH is 1. The van der Waals surface area contributed by atoms with Crippen molar-refractivity contribution in [1.29, 1.82) is 0 Å². The van der Waals surface area contributed by atoms with Crippen molar-refractivity contribution in [3.05, 3.63) is 35.9 Å². The van der Waals surface area contributed by atoms with Gasteiger partial charge in [0.25, 0.3) is 5.92 Å². The van der Waals surface area contributed by atoms with Gasteiger partial charge in [-0.25, -0.2) is 8.78 Å². The first-order chi connectivity index (χ1) is 9.03. The second kappa shape index (κ2) is 8.12. The number of rotatable bonds is 8. The predicted molar refractivity (Wildman–Crippen MR) is 72.5 cm³/mol. The molecule has 0 fully saturated rings. The monoisotopic (exact) mass is 289 g/mol. The summed E-state index contributed by atoms with van der Waals surface area (Å²) in [5, 5.41) is 10.4. The molecule has 0 bridgehead atoms. The van der Waals surface area contributed by atoms with E-state index >= 15 is 0 Å². The highest BCUT2D eigenvalue weighted by Gasteiger charge is 2.27. The lowest BCUT2D eigenvalue weighted by molar-refractivity contribution is -0.121. The highest BCUT2D eigenvalue weighted by atomic mass is 32.2. The van der Waals surface area contributed by atoms with E-state index in [0.717, 1.165) is 12.2 Å². The summed E-state index contributed by atoms with van der Waals surface area (Å²) in [6, 6.07) is 9.84. The number of alkyl halides is 2. The lowest BCUT2D eigenvalue weighted by Gasteiger charge is -2.13. The summed E-state index contributed by atoms with van der Waals surface area (Å²) in [4.78, 5) is 11.3. The van der Waals surface area contributed by atoms with Crippen molar-refractivity contribution in [1.82, 2.24) is 5.32 Å². The molecule has 0 heterocycles. The maximum atomic E-state index is 12.7. The third-order valence-corrected chi connectivity index (χ3v) is 3.35. The average Bonchev–Trinajstić information content (AvgIpc) is 2.43. The van der Waals surface area contributed by atoms with E-state index in [0.29, 0.717) is 0 Å². The molecule has 6 heteroatoms. The Morgan fingerprint density at radius 1 is 1.32 bits per heavy atom. The van der Waals surface area contributed by atoms with E-state index in [1.807, 2.05) is 30.3 Å². The van der Waals surface area contributed by atoms with Crippen LogP contribution < -0.4 is 5.32 Å². The van der Waals surface area contributed by atoms with E-state index in [1.165, 1.54) is 17.3 Å². The Kier molecular flexibility index (Phi) is 6.80. The van der Waals surface area contributed by atoms with Crippen LogP contribution in [0.3, 0.4) is 0 Å². The Morgan fingerprint density at radius 3 is 2.63 bits per heavy atom. The summed E-state index contributed by atoms with van der Waals surface area (Å²) < 4.78 is 25.3. The summed E-state index contributed by atoms with van der Waals surface area (Å²) in [7, 11) is 0. The van der Waals surface area contributed by atoms with Crippen molar-refractivity contribution in [2.24, 2.45) is 0 Å². The number of carbonyl (C=O) groups is 1. The molecular formula is C13H17F2NO2S. The van der Waals surface area contributed by atoms with Crippen molar-refractivity contribution < 1.29 is 18.7 Å². The first-order valence-electron chi connectivity index (χ1n) is 5.90. The van der Waals surface area contributed by atoms with Crippen LogP contribution in [0.5, 0.6) is 0 Å². The van der Waals surface area contributed by atoms with Gasteiger partial charge in [0.05, 0.1) is 12.3 Å². The van der Waals surface area contributed by atoms with Gasteiger partial charge in [0.15, 0.2) is 0 Å². The lowest BCUT2D eigenvalue weighted by atomic mass is 10.2. The number of aryl methyl sites for hydroxylation is 1. The summed E-state index contributed by atoms with van der Waals surface area (Å²) in [6.07, 6.45) is 0.839. The van der Waals surface area contributed by atoms with Gasteiger partial charge in [0.1, 0.15) is 6.61 Å². The molecule has 19 heavy (non-hydrogen) atoms. The van der Waals surface area contributed by atoms with Crippen LogP contribution in [0.25, 0.3) is 0 Å². The zero-order valence-electron chi connectivity index (χ0n) is 10.4. The number of aliphatic hydroxyl groups is 1. The summed E-state index contributed by atoms with van der Waals surface area (Å²) in [6.45, 7) is -2.07. The van der Waals surface area contributed by atoms with Crippen molar-refractivity contribution in [2.45, 2.75) is 12.3 Å². The van der Waals surface area contributed by atoms with Gasteiger partial charge < -0.3 is 10.4 Å². The molecule has 0 saturated heterocycles. The van der Waals surface area contributed by atoms with Crippen LogP contribution in [0.4, 0.5) is 8.78 Å². The highest BCUT2D eigenvalue weighted by molar-refractivity contribution is 7.99. The molecule has 0 aliphatic carbocycles. The fraction of sp³-hybridized carbons (Fsp3) is 0.462. The summed E-state index contributed by atoms with van der Waals surface area (Å²) in [5.74, 6) is -2.78. The molecule has 1 aromatic carbocycles. The number of benzene rings is 1. The second-order valence-electron chi connectivity index (χ2n) is 4.08. The van der Waals surface area contributed by atoms with Gasteiger partial charge in [0, 0.05) is 0 Å². The van der Waals surface area contributed by atoms with E-state index in [1.54, 1.807) is 0 Å². The highest BCUT2D eigenvalue weighted by Crippen LogP contribution is 2.10.